The zero-order valence-electron chi connectivity index (χ0n) is 7.87. The maximum Gasteiger partial charge on any atom is 0.135 e. The van der Waals surface area contributed by atoms with Crippen LogP contribution < -0.4 is 9.96 Å². The van der Waals surface area contributed by atoms with E-state index in [1.54, 1.807) is 12.1 Å². The lowest BCUT2D eigenvalue weighted by Crippen LogP contribution is -2.55. The highest BCUT2D eigenvalue weighted by molar-refractivity contribution is 5.44. The van der Waals surface area contributed by atoms with Crippen molar-refractivity contribution < 1.29 is 4.39 Å². The number of nitrogens with zero attached hydrogens (tertiary/aromatic N) is 1. The second-order valence-corrected chi connectivity index (χ2v) is 3.57. The minimum absolute atomic E-state index is 0.339. The Balaban J connectivity index is 2.28. The summed E-state index contributed by atoms with van der Waals surface area (Å²) in [6.45, 7) is 2.34. The Bertz CT molecular complexity index is 324. The van der Waals surface area contributed by atoms with Gasteiger partial charge in [-0.1, -0.05) is 6.07 Å². The number of quaternary nitrogens is 1. The van der Waals surface area contributed by atoms with E-state index in [-0.39, 0.29) is 5.82 Å². The summed E-state index contributed by atoms with van der Waals surface area (Å²) in [5.41, 5.74) is 0.520. The molecule has 1 N–H and O–H groups in total. The molecular formula is C10H13FN2O. The van der Waals surface area contributed by atoms with Crippen LogP contribution >= 0.6 is 0 Å². The fraction of sp³-hybridized carbons (Fsp3) is 0.400. The molecule has 0 aliphatic carbocycles. The molecule has 1 aliphatic rings. The van der Waals surface area contributed by atoms with Crippen molar-refractivity contribution in [2.24, 2.45) is 0 Å². The Labute approximate surface area is 82.3 Å². The van der Waals surface area contributed by atoms with Gasteiger partial charge in [-0.05, 0) is 12.1 Å². The molecule has 0 atom stereocenters. The molecule has 0 radical (unpaired) electrons. The van der Waals surface area contributed by atoms with Crippen molar-refractivity contribution in [2.75, 3.05) is 26.2 Å². The van der Waals surface area contributed by atoms with Crippen molar-refractivity contribution in [3.63, 3.8) is 0 Å². The summed E-state index contributed by atoms with van der Waals surface area (Å²) in [6.07, 6.45) is 0. The first kappa shape index (κ1) is 9.58. The normalized spacial score (nSPS) is 20.7. The molecule has 0 amide bonds. The van der Waals surface area contributed by atoms with E-state index in [0.717, 1.165) is 0 Å². The predicted octanol–water partition coefficient (Wildman–Crippen LogP) is 1.23. The third-order valence-corrected chi connectivity index (χ3v) is 2.58. The SMILES string of the molecule is [O-][N+]1(c2cccc(F)c2)CCNCC1. The second kappa shape index (κ2) is 3.65. The van der Waals surface area contributed by atoms with Crippen molar-refractivity contribution in [2.45, 2.75) is 0 Å². The van der Waals surface area contributed by atoms with Crippen LogP contribution in [-0.2, 0) is 0 Å². The molecule has 1 aliphatic heterocycles. The zero-order chi connectivity index (χ0) is 10.0. The molecule has 1 saturated heterocycles. The number of rotatable bonds is 1. The largest absolute Gasteiger partial charge is 0.627 e. The van der Waals surface area contributed by atoms with Gasteiger partial charge in [-0.2, -0.15) is 0 Å². The molecule has 3 nitrogen and oxygen atoms in total. The van der Waals surface area contributed by atoms with E-state index < -0.39 is 4.65 Å². The third kappa shape index (κ3) is 1.77. The van der Waals surface area contributed by atoms with Gasteiger partial charge in [-0.3, -0.25) is 0 Å². The quantitative estimate of drug-likeness (QED) is 0.541. The Morgan fingerprint density at radius 2 is 2.00 bits per heavy atom. The summed E-state index contributed by atoms with van der Waals surface area (Å²) in [7, 11) is 0. The van der Waals surface area contributed by atoms with Gasteiger partial charge in [0.1, 0.15) is 11.5 Å². The van der Waals surface area contributed by atoms with Crippen LogP contribution in [0.1, 0.15) is 0 Å². The number of piperazine rings is 1. The number of benzene rings is 1. The van der Waals surface area contributed by atoms with Crippen LogP contribution in [0.5, 0.6) is 0 Å². The summed E-state index contributed by atoms with van der Waals surface area (Å²) < 4.78 is 12.5. The van der Waals surface area contributed by atoms with E-state index in [1.165, 1.54) is 12.1 Å². The molecular weight excluding hydrogens is 183 g/mol. The molecule has 76 valence electrons. The Morgan fingerprint density at radius 1 is 1.29 bits per heavy atom. The standard InChI is InChI=1S/C10H13FN2O/c11-9-2-1-3-10(8-9)13(14)6-4-12-5-7-13/h1-3,8,12H,4-7H2. The van der Waals surface area contributed by atoms with Crippen molar-refractivity contribution in [3.05, 3.63) is 35.3 Å². The highest BCUT2D eigenvalue weighted by Crippen LogP contribution is 2.23. The summed E-state index contributed by atoms with van der Waals surface area (Å²) >= 11 is 0. The molecule has 2 rings (SSSR count). The molecule has 14 heavy (non-hydrogen) atoms. The minimum Gasteiger partial charge on any atom is -0.627 e. The number of halogens is 1. The molecule has 1 aromatic rings. The molecule has 1 aromatic carbocycles. The summed E-state index contributed by atoms with van der Waals surface area (Å²) in [5.74, 6) is -0.339. The van der Waals surface area contributed by atoms with Crippen molar-refractivity contribution in [1.29, 1.82) is 0 Å². The van der Waals surface area contributed by atoms with Gasteiger partial charge in [0, 0.05) is 19.2 Å². The number of hydrogen-bond donors (Lipinski definition) is 1. The van der Waals surface area contributed by atoms with Crippen LogP contribution in [0.15, 0.2) is 24.3 Å². The average molecular weight is 196 g/mol. The Kier molecular flexibility index (Phi) is 2.50. The van der Waals surface area contributed by atoms with Crippen LogP contribution in [0.4, 0.5) is 10.1 Å². The van der Waals surface area contributed by atoms with E-state index in [4.69, 9.17) is 0 Å². The van der Waals surface area contributed by atoms with Crippen molar-refractivity contribution in [3.8, 4) is 0 Å². The highest BCUT2D eigenvalue weighted by atomic mass is 19.1. The molecule has 1 heterocycles. The maximum absolute atomic E-state index is 12.9. The lowest BCUT2D eigenvalue weighted by atomic mass is 10.2. The first-order valence-electron chi connectivity index (χ1n) is 4.76. The van der Waals surface area contributed by atoms with E-state index in [1.807, 2.05) is 0 Å². The van der Waals surface area contributed by atoms with E-state index >= 15 is 0 Å². The van der Waals surface area contributed by atoms with E-state index in [2.05, 4.69) is 5.32 Å². The number of hydroxylamine groups is 2. The molecule has 1 fully saturated rings. The topological polar surface area (TPSA) is 35.1 Å². The first-order valence-corrected chi connectivity index (χ1v) is 4.76. The Morgan fingerprint density at radius 3 is 2.64 bits per heavy atom. The van der Waals surface area contributed by atoms with Gasteiger partial charge < -0.3 is 15.2 Å². The Hall–Kier alpha value is -0.970. The van der Waals surface area contributed by atoms with Crippen LogP contribution in [0.2, 0.25) is 0 Å². The molecule has 0 unspecified atom stereocenters. The maximum atomic E-state index is 12.9. The minimum atomic E-state index is -0.412. The molecule has 4 heteroatoms. The predicted molar refractivity (Wildman–Crippen MR) is 54.2 cm³/mol. The lowest BCUT2D eigenvalue weighted by Gasteiger charge is -2.44. The summed E-state index contributed by atoms with van der Waals surface area (Å²) in [5, 5.41) is 15.3. The molecule has 0 bridgehead atoms. The average Bonchev–Trinajstić information content (AvgIpc) is 2.19. The van der Waals surface area contributed by atoms with Gasteiger partial charge in [0.2, 0.25) is 0 Å². The third-order valence-electron chi connectivity index (χ3n) is 2.58. The van der Waals surface area contributed by atoms with Gasteiger partial charge in [-0.25, -0.2) is 4.39 Å². The second-order valence-electron chi connectivity index (χ2n) is 3.57. The van der Waals surface area contributed by atoms with Crippen molar-refractivity contribution >= 4 is 5.69 Å². The first-order chi connectivity index (χ1) is 6.71. The molecule has 0 spiro atoms. The van der Waals surface area contributed by atoms with Gasteiger partial charge >= 0.3 is 0 Å². The molecule has 0 saturated carbocycles. The van der Waals surface area contributed by atoms with Crippen LogP contribution in [0, 0.1) is 11.0 Å². The van der Waals surface area contributed by atoms with Gasteiger partial charge in [0.15, 0.2) is 0 Å². The van der Waals surface area contributed by atoms with E-state index in [9.17, 15) is 9.60 Å². The van der Waals surface area contributed by atoms with Crippen LogP contribution in [0.25, 0.3) is 0 Å². The summed E-state index contributed by atoms with van der Waals surface area (Å²) in [4.78, 5) is 0. The van der Waals surface area contributed by atoms with Crippen LogP contribution in [-0.4, -0.2) is 26.2 Å². The fourth-order valence-electron chi connectivity index (χ4n) is 1.74. The highest BCUT2D eigenvalue weighted by Gasteiger charge is 2.23. The lowest BCUT2D eigenvalue weighted by molar-refractivity contribution is 0.320. The fourth-order valence-corrected chi connectivity index (χ4v) is 1.74. The van der Waals surface area contributed by atoms with Gasteiger partial charge in [0.05, 0.1) is 13.1 Å². The smallest absolute Gasteiger partial charge is 0.135 e. The van der Waals surface area contributed by atoms with E-state index in [0.29, 0.717) is 31.9 Å². The van der Waals surface area contributed by atoms with Gasteiger partial charge in [0.25, 0.3) is 0 Å². The van der Waals surface area contributed by atoms with Gasteiger partial charge in [-0.15, -0.1) is 0 Å². The number of nitrogens with one attached hydrogen (secondary N) is 1. The van der Waals surface area contributed by atoms with Crippen molar-refractivity contribution in [1.82, 2.24) is 9.96 Å². The van der Waals surface area contributed by atoms with Crippen LogP contribution in [0.3, 0.4) is 0 Å². The summed E-state index contributed by atoms with van der Waals surface area (Å²) in [6, 6.07) is 5.97. The zero-order valence-corrected chi connectivity index (χ0v) is 7.87. The number of hydrogen-bond acceptors (Lipinski definition) is 2. The molecule has 0 aromatic heterocycles. The monoisotopic (exact) mass is 196 g/mol.